The van der Waals surface area contributed by atoms with E-state index < -0.39 is 6.61 Å². The molecule has 0 saturated heterocycles. The molecule has 17 heavy (non-hydrogen) atoms. The number of halogens is 2. The third-order valence-electron chi connectivity index (χ3n) is 3.88. The Morgan fingerprint density at radius 1 is 1.29 bits per heavy atom. The number of benzene rings is 1. The largest absolute Gasteiger partial charge is 0.435 e. The van der Waals surface area contributed by atoms with Gasteiger partial charge in [-0.2, -0.15) is 8.78 Å². The van der Waals surface area contributed by atoms with Crippen LogP contribution in [-0.4, -0.2) is 13.2 Å². The monoisotopic (exact) mass is 239 g/mol. The molecule has 92 valence electrons. The number of alkyl halides is 2. The van der Waals surface area contributed by atoms with Crippen molar-refractivity contribution in [2.75, 3.05) is 11.9 Å². The van der Waals surface area contributed by atoms with Gasteiger partial charge in [0.15, 0.2) is 0 Å². The molecule has 0 bridgehead atoms. The summed E-state index contributed by atoms with van der Waals surface area (Å²) in [4.78, 5) is 0. The van der Waals surface area contributed by atoms with E-state index in [4.69, 9.17) is 0 Å². The minimum Gasteiger partial charge on any atom is -0.435 e. The average Bonchev–Trinajstić information content (AvgIpc) is 2.58. The van der Waals surface area contributed by atoms with Crippen molar-refractivity contribution < 1.29 is 13.5 Å². The summed E-state index contributed by atoms with van der Waals surface area (Å²) in [6, 6.07) is 5.21. The third kappa shape index (κ3) is 1.96. The molecule has 4 heteroatoms. The summed E-state index contributed by atoms with van der Waals surface area (Å²) in [5.74, 6) is 1.46. The van der Waals surface area contributed by atoms with Gasteiger partial charge < -0.3 is 10.1 Å². The smallest absolute Gasteiger partial charge is 0.387 e. The Morgan fingerprint density at radius 3 is 2.76 bits per heavy atom. The molecule has 0 radical (unpaired) electrons. The maximum Gasteiger partial charge on any atom is 0.387 e. The van der Waals surface area contributed by atoms with Gasteiger partial charge in [-0.15, -0.1) is 0 Å². The third-order valence-corrected chi connectivity index (χ3v) is 3.88. The standard InChI is InChI=1S/C13H15F2NO/c14-13(15)17-9-4-5-12-10(6-9)11(7-16-12)8-2-1-3-8/h4-6,8,11,13,16H,1-3,7H2. The Kier molecular flexibility index (Phi) is 2.65. The second-order valence-corrected chi connectivity index (χ2v) is 4.81. The Hall–Kier alpha value is -1.32. The SMILES string of the molecule is FC(F)Oc1ccc2c(c1)C(C1CCC1)CN2. The van der Waals surface area contributed by atoms with Crippen molar-refractivity contribution in [3.8, 4) is 5.75 Å². The van der Waals surface area contributed by atoms with E-state index in [1.807, 2.05) is 6.07 Å². The van der Waals surface area contributed by atoms with Gasteiger partial charge in [-0.05, 0) is 42.5 Å². The van der Waals surface area contributed by atoms with Crippen molar-refractivity contribution in [2.45, 2.75) is 31.8 Å². The molecular formula is C13H15F2NO. The highest BCUT2D eigenvalue weighted by molar-refractivity contribution is 5.60. The summed E-state index contributed by atoms with van der Waals surface area (Å²) in [5, 5.41) is 3.34. The number of fused-ring (bicyclic) bond motifs is 1. The van der Waals surface area contributed by atoms with Crippen LogP contribution >= 0.6 is 0 Å². The highest BCUT2D eigenvalue weighted by Crippen LogP contribution is 2.45. The Balaban J connectivity index is 1.84. The van der Waals surface area contributed by atoms with Gasteiger partial charge in [0.25, 0.3) is 0 Å². The van der Waals surface area contributed by atoms with E-state index >= 15 is 0 Å². The molecule has 1 aromatic rings. The fraction of sp³-hybridized carbons (Fsp3) is 0.538. The summed E-state index contributed by atoms with van der Waals surface area (Å²) < 4.78 is 28.8. The second kappa shape index (κ2) is 4.17. The first-order valence-electron chi connectivity index (χ1n) is 6.06. The predicted molar refractivity (Wildman–Crippen MR) is 61.6 cm³/mol. The van der Waals surface area contributed by atoms with E-state index in [-0.39, 0.29) is 5.75 Å². The topological polar surface area (TPSA) is 21.3 Å². The molecule has 1 saturated carbocycles. The zero-order valence-electron chi connectivity index (χ0n) is 9.46. The number of hydrogen-bond acceptors (Lipinski definition) is 2. The number of hydrogen-bond donors (Lipinski definition) is 1. The minimum absolute atomic E-state index is 0.270. The number of nitrogens with one attached hydrogen (secondary N) is 1. The van der Waals surface area contributed by atoms with Crippen molar-refractivity contribution in [3.63, 3.8) is 0 Å². The quantitative estimate of drug-likeness (QED) is 0.870. The normalized spacial score (nSPS) is 23.1. The molecule has 3 rings (SSSR count). The lowest BCUT2D eigenvalue weighted by molar-refractivity contribution is -0.0498. The fourth-order valence-corrected chi connectivity index (χ4v) is 2.78. The lowest BCUT2D eigenvalue weighted by Crippen LogP contribution is -2.21. The van der Waals surface area contributed by atoms with Crippen LogP contribution in [0.25, 0.3) is 0 Å². The summed E-state index contributed by atoms with van der Waals surface area (Å²) in [6.45, 7) is -1.82. The molecule has 1 aromatic carbocycles. The molecule has 2 nitrogen and oxygen atoms in total. The average molecular weight is 239 g/mol. The zero-order chi connectivity index (χ0) is 11.8. The van der Waals surface area contributed by atoms with Crippen LogP contribution in [0.5, 0.6) is 5.75 Å². The van der Waals surface area contributed by atoms with Gasteiger partial charge in [-0.1, -0.05) is 6.42 Å². The summed E-state index contributed by atoms with van der Waals surface area (Å²) >= 11 is 0. The van der Waals surface area contributed by atoms with Crippen molar-refractivity contribution in [2.24, 2.45) is 5.92 Å². The summed E-state index contributed by atoms with van der Waals surface area (Å²) in [7, 11) is 0. The molecule has 0 aromatic heterocycles. The van der Waals surface area contributed by atoms with Gasteiger partial charge >= 0.3 is 6.61 Å². The van der Waals surface area contributed by atoms with Crippen LogP contribution in [0.1, 0.15) is 30.7 Å². The molecule has 0 spiro atoms. The van der Waals surface area contributed by atoms with Crippen LogP contribution in [0.15, 0.2) is 18.2 Å². The van der Waals surface area contributed by atoms with Gasteiger partial charge in [0.1, 0.15) is 5.75 Å². The molecule has 1 fully saturated rings. The molecular weight excluding hydrogens is 224 g/mol. The maximum atomic E-state index is 12.2. The lowest BCUT2D eigenvalue weighted by atomic mass is 9.74. The van der Waals surface area contributed by atoms with Crippen molar-refractivity contribution in [1.82, 2.24) is 0 Å². The molecule has 1 aliphatic carbocycles. The van der Waals surface area contributed by atoms with Gasteiger partial charge in [0, 0.05) is 18.2 Å². The van der Waals surface area contributed by atoms with Gasteiger partial charge in [0.2, 0.25) is 0 Å². The van der Waals surface area contributed by atoms with Gasteiger partial charge in [-0.3, -0.25) is 0 Å². The molecule has 0 amide bonds. The number of ether oxygens (including phenoxy) is 1. The molecule has 1 unspecified atom stereocenters. The maximum absolute atomic E-state index is 12.2. The van der Waals surface area contributed by atoms with Gasteiger partial charge in [0.05, 0.1) is 0 Å². The van der Waals surface area contributed by atoms with Crippen LogP contribution < -0.4 is 10.1 Å². The number of rotatable bonds is 3. The van der Waals surface area contributed by atoms with Crippen LogP contribution in [-0.2, 0) is 0 Å². The van der Waals surface area contributed by atoms with E-state index in [1.165, 1.54) is 19.3 Å². The van der Waals surface area contributed by atoms with Crippen molar-refractivity contribution in [1.29, 1.82) is 0 Å². The first-order valence-corrected chi connectivity index (χ1v) is 6.06. The van der Waals surface area contributed by atoms with Crippen LogP contribution in [0.2, 0.25) is 0 Å². The minimum atomic E-state index is -2.75. The van der Waals surface area contributed by atoms with Crippen LogP contribution in [0.3, 0.4) is 0 Å². The lowest BCUT2D eigenvalue weighted by Gasteiger charge is -2.31. The highest BCUT2D eigenvalue weighted by atomic mass is 19.3. The number of anilines is 1. The van der Waals surface area contributed by atoms with Crippen LogP contribution in [0, 0.1) is 5.92 Å². The molecule has 1 atom stereocenters. The van der Waals surface area contributed by atoms with E-state index in [2.05, 4.69) is 10.1 Å². The Morgan fingerprint density at radius 2 is 2.12 bits per heavy atom. The Labute approximate surface area is 99.0 Å². The van der Waals surface area contributed by atoms with Crippen molar-refractivity contribution >= 4 is 5.69 Å². The molecule has 1 heterocycles. The van der Waals surface area contributed by atoms with Crippen molar-refractivity contribution in [3.05, 3.63) is 23.8 Å². The summed E-state index contributed by atoms with van der Waals surface area (Å²) in [6.07, 6.45) is 3.81. The molecule has 1 aliphatic heterocycles. The van der Waals surface area contributed by atoms with E-state index in [1.54, 1.807) is 12.1 Å². The first-order chi connectivity index (χ1) is 8.24. The molecule has 1 N–H and O–H groups in total. The highest BCUT2D eigenvalue weighted by Gasteiger charge is 2.33. The fourth-order valence-electron chi connectivity index (χ4n) is 2.78. The van der Waals surface area contributed by atoms with Gasteiger partial charge in [-0.25, -0.2) is 0 Å². The first kappa shape index (κ1) is 10.8. The Bertz CT molecular complexity index is 418. The molecule has 2 aliphatic rings. The second-order valence-electron chi connectivity index (χ2n) is 4.81. The van der Waals surface area contributed by atoms with E-state index in [0.717, 1.165) is 17.8 Å². The predicted octanol–water partition coefficient (Wildman–Crippen LogP) is 3.60. The van der Waals surface area contributed by atoms with Crippen LogP contribution in [0.4, 0.5) is 14.5 Å². The zero-order valence-corrected chi connectivity index (χ0v) is 9.46. The van der Waals surface area contributed by atoms with E-state index in [9.17, 15) is 8.78 Å². The summed E-state index contributed by atoms with van der Waals surface area (Å²) in [5.41, 5.74) is 2.22. The van der Waals surface area contributed by atoms with E-state index in [0.29, 0.717) is 11.8 Å².